The zero-order valence-electron chi connectivity index (χ0n) is 7.66. The molecule has 1 heterocycles. The zero-order chi connectivity index (χ0) is 9.90. The van der Waals surface area contributed by atoms with Gasteiger partial charge < -0.3 is 14.2 Å². The minimum atomic E-state index is -1.18. The monoisotopic (exact) mass is 188 g/mol. The Hall–Kier alpha value is -1.10. The van der Waals surface area contributed by atoms with Gasteiger partial charge in [0.1, 0.15) is 6.61 Å². The molecule has 1 aliphatic rings. The van der Waals surface area contributed by atoms with Crippen LogP contribution in [0.25, 0.3) is 0 Å². The molecule has 0 bridgehead atoms. The lowest BCUT2D eigenvalue weighted by Crippen LogP contribution is -2.39. The Kier molecular flexibility index (Phi) is 2.87. The molecule has 0 spiro atoms. The van der Waals surface area contributed by atoms with Crippen LogP contribution in [-0.4, -0.2) is 30.9 Å². The van der Waals surface area contributed by atoms with E-state index >= 15 is 0 Å². The van der Waals surface area contributed by atoms with Crippen LogP contribution in [0.5, 0.6) is 0 Å². The maximum atomic E-state index is 10.7. The Morgan fingerprint density at radius 3 is 2.08 bits per heavy atom. The van der Waals surface area contributed by atoms with Crippen LogP contribution in [0.15, 0.2) is 0 Å². The molecule has 0 atom stereocenters. The van der Waals surface area contributed by atoms with Gasteiger partial charge in [-0.25, -0.2) is 0 Å². The Morgan fingerprint density at radius 1 is 1.23 bits per heavy atom. The number of hydrogen-bond donors (Lipinski definition) is 0. The van der Waals surface area contributed by atoms with E-state index in [9.17, 15) is 9.59 Å². The highest BCUT2D eigenvalue weighted by atomic mass is 16.8. The summed E-state index contributed by atoms with van der Waals surface area (Å²) in [6.07, 6.45) is 0.395. The molecule has 74 valence electrons. The van der Waals surface area contributed by atoms with Crippen molar-refractivity contribution in [3.63, 3.8) is 0 Å². The molecule has 0 radical (unpaired) electrons. The van der Waals surface area contributed by atoms with E-state index in [4.69, 9.17) is 14.2 Å². The maximum Gasteiger partial charge on any atom is 0.305 e. The topological polar surface area (TPSA) is 61.8 Å². The summed E-state index contributed by atoms with van der Waals surface area (Å²) in [4.78, 5) is 21.4. The Morgan fingerprint density at radius 2 is 1.77 bits per heavy atom. The maximum absolute atomic E-state index is 10.7. The van der Waals surface area contributed by atoms with Crippen molar-refractivity contribution in [2.75, 3.05) is 13.2 Å². The fraction of sp³-hybridized carbons (Fsp3) is 0.750. The van der Waals surface area contributed by atoms with Crippen molar-refractivity contribution < 1.29 is 23.8 Å². The zero-order valence-corrected chi connectivity index (χ0v) is 7.66. The summed E-state index contributed by atoms with van der Waals surface area (Å²) in [5.41, 5.74) is 0. The van der Waals surface area contributed by atoms with E-state index in [0.717, 1.165) is 0 Å². The minimum absolute atomic E-state index is 0.117. The summed E-state index contributed by atoms with van der Waals surface area (Å²) in [5, 5.41) is 0. The fourth-order valence-electron chi connectivity index (χ4n) is 1.23. The molecule has 0 aliphatic carbocycles. The highest BCUT2D eigenvalue weighted by Gasteiger charge is 2.41. The van der Waals surface area contributed by atoms with E-state index in [2.05, 4.69) is 0 Å². The van der Waals surface area contributed by atoms with Crippen LogP contribution in [0.4, 0.5) is 0 Å². The Labute approximate surface area is 76.0 Å². The van der Waals surface area contributed by atoms with E-state index < -0.39 is 17.7 Å². The van der Waals surface area contributed by atoms with Crippen molar-refractivity contribution in [1.29, 1.82) is 0 Å². The van der Waals surface area contributed by atoms with E-state index in [0.29, 0.717) is 13.0 Å². The van der Waals surface area contributed by atoms with E-state index in [-0.39, 0.29) is 6.61 Å². The number of esters is 2. The van der Waals surface area contributed by atoms with Crippen LogP contribution in [-0.2, 0) is 23.8 Å². The van der Waals surface area contributed by atoms with Gasteiger partial charge in [-0.15, -0.1) is 0 Å². The summed E-state index contributed by atoms with van der Waals surface area (Å²) in [5.74, 6) is -2.14. The van der Waals surface area contributed by atoms with Gasteiger partial charge in [-0.2, -0.15) is 0 Å². The largest absolute Gasteiger partial charge is 0.420 e. The van der Waals surface area contributed by atoms with Gasteiger partial charge in [0.05, 0.1) is 13.0 Å². The molecular weight excluding hydrogens is 176 g/mol. The first-order valence-electron chi connectivity index (χ1n) is 4.01. The molecule has 1 saturated heterocycles. The van der Waals surface area contributed by atoms with Crippen molar-refractivity contribution in [3.05, 3.63) is 0 Å². The molecule has 0 N–H and O–H groups in total. The number of carbonyl (C=O) groups is 2. The average molecular weight is 188 g/mol. The van der Waals surface area contributed by atoms with Crippen molar-refractivity contribution in [3.8, 4) is 0 Å². The number of hydrogen-bond acceptors (Lipinski definition) is 5. The second-order valence-corrected chi connectivity index (χ2v) is 2.90. The van der Waals surface area contributed by atoms with Crippen molar-refractivity contribution in [2.45, 2.75) is 26.1 Å². The van der Waals surface area contributed by atoms with Crippen LogP contribution in [0.1, 0.15) is 20.3 Å². The molecule has 1 aliphatic heterocycles. The van der Waals surface area contributed by atoms with Gasteiger partial charge in [0.25, 0.3) is 5.79 Å². The third-order valence-electron chi connectivity index (χ3n) is 1.61. The van der Waals surface area contributed by atoms with Crippen LogP contribution < -0.4 is 0 Å². The van der Waals surface area contributed by atoms with Gasteiger partial charge in [0.15, 0.2) is 0 Å². The molecule has 0 amide bonds. The summed E-state index contributed by atoms with van der Waals surface area (Å²) >= 11 is 0. The molecule has 1 rings (SSSR count). The molecule has 0 saturated carbocycles. The predicted octanol–water partition coefficient (Wildman–Crippen LogP) is 0.229. The molecule has 0 aromatic rings. The first kappa shape index (κ1) is 9.98. The van der Waals surface area contributed by atoms with Gasteiger partial charge in [-0.3, -0.25) is 9.59 Å². The van der Waals surface area contributed by atoms with Crippen LogP contribution in [0.3, 0.4) is 0 Å². The molecule has 0 unspecified atom stereocenters. The molecule has 1 fully saturated rings. The lowest BCUT2D eigenvalue weighted by Gasteiger charge is -2.25. The average Bonchev–Trinajstić information content (AvgIpc) is 2.33. The van der Waals surface area contributed by atoms with Gasteiger partial charge >= 0.3 is 11.9 Å². The lowest BCUT2D eigenvalue weighted by molar-refractivity contribution is -0.224. The van der Waals surface area contributed by atoms with Crippen LogP contribution in [0, 0.1) is 0 Å². The van der Waals surface area contributed by atoms with Crippen LogP contribution >= 0.6 is 0 Å². The van der Waals surface area contributed by atoms with E-state index in [1.807, 2.05) is 0 Å². The van der Waals surface area contributed by atoms with Crippen molar-refractivity contribution >= 4 is 11.9 Å². The normalized spacial score (nSPS) is 19.5. The van der Waals surface area contributed by atoms with Crippen LogP contribution in [0.2, 0.25) is 0 Å². The summed E-state index contributed by atoms with van der Waals surface area (Å²) in [6, 6.07) is 0. The van der Waals surface area contributed by atoms with Gasteiger partial charge in [-0.1, -0.05) is 0 Å². The van der Waals surface area contributed by atoms with Gasteiger partial charge in [-0.05, 0) is 0 Å². The molecule has 13 heavy (non-hydrogen) atoms. The lowest BCUT2D eigenvalue weighted by atomic mass is 10.2. The Balaban J connectivity index is 2.62. The van der Waals surface area contributed by atoms with E-state index in [1.165, 1.54) is 13.8 Å². The van der Waals surface area contributed by atoms with Gasteiger partial charge in [0, 0.05) is 13.8 Å². The third-order valence-corrected chi connectivity index (χ3v) is 1.61. The second-order valence-electron chi connectivity index (χ2n) is 2.90. The van der Waals surface area contributed by atoms with Crippen molar-refractivity contribution in [1.82, 2.24) is 0 Å². The highest BCUT2D eigenvalue weighted by molar-refractivity contribution is 5.68. The first-order valence-corrected chi connectivity index (χ1v) is 4.01. The smallest absolute Gasteiger partial charge is 0.305 e. The SMILES string of the molecule is CC(=O)OC1(OC(C)=O)CCOC1. The predicted molar refractivity (Wildman–Crippen MR) is 41.7 cm³/mol. The molecule has 0 aromatic heterocycles. The summed E-state index contributed by atoms with van der Waals surface area (Å²) in [7, 11) is 0. The molecule has 5 nitrogen and oxygen atoms in total. The van der Waals surface area contributed by atoms with Crippen molar-refractivity contribution in [2.24, 2.45) is 0 Å². The summed E-state index contributed by atoms with van der Waals surface area (Å²) in [6.45, 7) is 3.08. The quantitative estimate of drug-likeness (QED) is 0.458. The number of rotatable bonds is 2. The number of carbonyl (C=O) groups excluding carboxylic acids is 2. The summed E-state index contributed by atoms with van der Waals surface area (Å²) < 4.78 is 14.8. The third kappa shape index (κ3) is 2.69. The highest BCUT2D eigenvalue weighted by Crippen LogP contribution is 2.25. The first-order chi connectivity index (χ1) is 6.04. The minimum Gasteiger partial charge on any atom is -0.420 e. The standard InChI is InChI=1S/C8H12O5/c1-6(9)12-8(13-7(2)10)3-4-11-5-8/h3-5H2,1-2H3. The molecule has 5 heteroatoms. The van der Waals surface area contributed by atoms with Gasteiger partial charge in [0.2, 0.25) is 0 Å². The number of ether oxygens (including phenoxy) is 3. The molecule has 0 aromatic carbocycles. The molecular formula is C8H12O5. The van der Waals surface area contributed by atoms with E-state index in [1.54, 1.807) is 0 Å². The fourth-order valence-corrected chi connectivity index (χ4v) is 1.23. The second kappa shape index (κ2) is 3.74. The Bertz CT molecular complexity index is 199.